The molecule has 0 saturated carbocycles. The lowest BCUT2D eigenvalue weighted by atomic mass is 9.95. The first-order valence-electron chi connectivity index (χ1n) is 5.65. The van der Waals surface area contributed by atoms with Crippen molar-refractivity contribution in [2.24, 2.45) is 17.6 Å². The molecule has 0 aromatic carbocycles. The average molecular weight is 229 g/mol. The predicted octanol–water partition coefficient (Wildman–Crippen LogP) is -0.142. The van der Waals surface area contributed by atoms with Crippen molar-refractivity contribution in [3.63, 3.8) is 0 Å². The molecule has 0 aliphatic rings. The van der Waals surface area contributed by atoms with E-state index in [2.05, 4.69) is 10.6 Å². The van der Waals surface area contributed by atoms with Gasteiger partial charge in [-0.2, -0.15) is 0 Å². The zero-order chi connectivity index (χ0) is 12.7. The lowest BCUT2D eigenvalue weighted by Crippen LogP contribution is -2.44. The fourth-order valence-corrected chi connectivity index (χ4v) is 1.35. The van der Waals surface area contributed by atoms with Crippen molar-refractivity contribution in [1.82, 2.24) is 10.6 Å². The molecule has 0 spiro atoms. The Kier molecular flexibility index (Phi) is 6.72. The summed E-state index contributed by atoms with van der Waals surface area (Å²) in [5.41, 5.74) is 5.50. The lowest BCUT2D eigenvalue weighted by Gasteiger charge is -2.18. The van der Waals surface area contributed by atoms with Crippen molar-refractivity contribution in [1.29, 1.82) is 0 Å². The van der Waals surface area contributed by atoms with Crippen molar-refractivity contribution in [3.8, 4) is 0 Å². The van der Waals surface area contributed by atoms with Crippen LogP contribution in [0, 0.1) is 11.8 Å². The number of nitrogens with two attached hydrogens (primary N) is 1. The van der Waals surface area contributed by atoms with E-state index in [-0.39, 0.29) is 36.2 Å². The highest BCUT2D eigenvalue weighted by atomic mass is 16.2. The van der Waals surface area contributed by atoms with Crippen LogP contribution in [0.25, 0.3) is 0 Å². The Bertz CT molecular complexity index is 239. The van der Waals surface area contributed by atoms with Crippen LogP contribution in [0.4, 0.5) is 0 Å². The molecular formula is C11H23N3O2. The molecular weight excluding hydrogens is 206 g/mol. The molecule has 0 aliphatic heterocycles. The molecule has 4 N–H and O–H groups in total. The van der Waals surface area contributed by atoms with Gasteiger partial charge in [-0.05, 0) is 19.8 Å². The molecule has 16 heavy (non-hydrogen) atoms. The summed E-state index contributed by atoms with van der Waals surface area (Å²) in [6.45, 7) is 7.93. The van der Waals surface area contributed by atoms with Crippen LogP contribution in [0.2, 0.25) is 0 Å². The van der Waals surface area contributed by atoms with Crippen LogP contribution in [0.3, 0.4) is 0 Å². The van der Waals surface area contributed by atoms with Gasteiger partial charge in [0.05, 0.1) is 12.5 Å². The van der Waals surface area contributed by atoms with Crippen molar-refractivity contribution in [2.75, 3.05) is 13.1 Å². The topological polar surface area (TPSA) is 84.2 Å². The van der Waals surface area contributed by atoms with E-state index in [9.17, 15) is 9.59 Å². The summed E-state index contributed by atoms with van der Waals surface area (Å²) in [5.74, 6) is -0.385. The van der Waals surface area contributed by atoms with Crippen LogP contribution in [0.15, 0.2) is 0 Å². The maximum absolute atomic E-state index is 11.6. The highest BCUT2D eigenvalue weighted by Gasteiger charge is 2.20. The lowest BCUT2D eigenvalue weighted by molar-refractivity contribution is -0.129. The highest BCUT2D eigenvalue weighted by molar-refractivity contribution is 5.86. The number of carbonyl (C=O) groups excluding carboxylic acids is 2. The zero-order valence-corrected chi connectivity index (χ0v) is 10.5. The number of hydrogen-bond acceptors (Lipinski definition) is 3. The quantitative estimate of drug-likeness (QED) is 0.592. The number of hydrogen-bond donors (Lipinski definition) is 3. The van der Waals surface area contributed by atoms with Gasteiger partial charge in [0.15, 0.2) is 0 Å². The predicted molar refractivity (Wildman–Crippen MR) is 63.7 cm³/mol. The van der Waals surface area contributed by atoms with E-state index in [1.165, 1.54) is 0 Å². The van der Waals surface area contributed by atoms with Gasteiger partial charge in [-0.15, -0.1) is 0 Å². The van der Waals surface area contributed by atoms with Crippen LogP contribution in [-0.4, -0.2) is 30.9 Å². The smallest absolute Gasteiger partial charge is 0.239 e. The minimum Gasteiger partial charge on any atom is -0.352 e. The highest BCUT2D eigenvalue weighted by Crippen LogP contribution is 2.08. The van der Waals surface area contributed by atoms with Crippen molar-refractivity contribution >= 4 is 11.8 Å². The van der Waals surface area contributed by atoms with Crippen molar-refractivity contribution in [2.45, 2.75) is 33.7 Å². The molecule has 0 radical (unpaired) electrons. The zero-order valence-electron chi connectivity index (χ0n) is 10.5. The van der Waals surface area contributed by atoms with Gasteiger partial charge in [0, 0.05) is 12.6 Å². The molecule has 0 aliphatic carbocycles. The Balaban J connectivity index is 4.01. The fraction of sp³-hybridized carbons (Fsp3) is 0.818. The van der Waals surface area contributed by atoms with Crippen molar-refractivity contribution in [3.05, 3.63) is 0 Å². The van der Waals surface area contributed by atoms with Crippen LogP contribution >= 0.6 is 0 Å². The molecule has 0 bridgehead atoms. The second-order valence-corrected chi connectivity index (χ2v) is 4.53. The molecule has 94 valence electrons. The Labute approximate surface area is 97.2 Å². The van der Waals surface area contributed by atoms with Gasteiger partial charge in [-0.3, -0.25) is 9.59 Å². The van der Waals surface area contributed by atoms with E-state index in [1.54, 1.807) is 0 Å². The molecule has 0 rings (SSSR count). The number of carbonyl (C=O) groups is 2. The number of rotatable bonds is 6. The molecule has 5 nitrogen and oxygen atoms in total. The van der Waals surface area contributed by atoms with E-state index in [0.717, 1.165) is 0 Å². The molecule has 2 amide bonds. The van der Waals surface area contributed by atoms with Gasteiger partial charge in [0.25, 0.3) is 0 Å². The average Bonchev–Trinajstić information content (AvgIpc) is 2.14. The molecule has 0 aromatic heterocycles. The third kappa shape index (κ3) is 5.70. The van der Waals surface area contributed by atoms with Crippen LogP contribution in [-0.2, 0) is 9.59 Å². The molecule has 0 saturated heterocycles. The van der Waals surface area contributed by atoms with Gasteiger partial charge in [0.1, 0.15) is 0 Å². The second kappa shape index (κ2) is 7.22. The first kappa shape index (κ1) is 14.9. The maximum atomic E-state index is 11.6. The molecule has 5 heteroatoms. The standard InChI is InChI=1S/C11H23N3O2/c1-7(2)9(5-12)11(16)13-6-10(15)14-8(3)4/h7-9H,5-6,12H2,1-4H3,(H,13,16)(H,14,15). The van der Waals surface area contributed by atoms with E-state index in [0.29, 0.717) is 6.54 Å². The van der Waals surface area contributed by atoms with E-state index in [4.69, 9.17) is 5.73 Å². The Hall–Kier alpha value is -1.10. The molecule has 1 unspecified atom stereocenters. The normalized spacial score (nSPS) is 12.7. The van der Waals surface area contributed by atoms with Gasteiger partial charge < -0.3 is 16.4 Å². The third-order valence-corrected chi connectivity index (χ3v) is 2.27. The van der Waals surface area contributed by atoms with E-state index < -0.39 is 0 Å². The van der Waals surface area contributed by atoms with Gasteiger partial charge in [-0.25, -0.2) is 0 Å². The Morgan fingerprint density at radius 3 is 2.12 bits per heavy atom. The SMILES string of the molecule is CC(C)NC(=O)CNC(=O)C(CN)C(C)C. The van der Waals surface area contributed by atoms with Gasteiger partial charge in [0.2, 0.25) is 11.8 Å². The van der Waals surface area contributed by atoms with Crippen molar-refractivity contribution < 1.29 is 9.59 Å². The summed E-state index contributed by atoms with van der Waals surface area (Å²) < 4.78 is 0. The summed E-state index contributed by atoms with van der Waals surface area (Å²) in [4.78, 5) is 22.9. The Morgan fingerprint density at radius 2 is 1.75 bits per heavy atom. The number of amides is 2. The van der Waals surface area contributed by atoms with Crippen LogP contribution < -0.4 is 16.4 Å². The summed E-state index contributed by atoms with van der Waals surface area (Å²) in [5, 5.41) is 5.29. The fourth-order valence-electron chi connectivity index (χ4n) is 1.35. The molecule has 1 atom stereocenters. The summed E-state index contributed by atoms with van der Waals surface area (Å²) in [6.07, 6.45) is 0. The maximum Gasteiger partial charge on any atom is 0.239 e. The molecule has 0 fully saturated rings. The first-order chi connectivity index (χ1) is 7.38. The minimum absolute atomic E-state index is 0.0141. The first-order valence-corrected chi connectivity index (χ1v) is 5.65. The van der Waals surface area contributed by atoms with Gasteiger partial charge in [-0.1, -0.05) is 13.8 Å². The third-order valence-electron chi connectivity index (χ3n) is 2.27. The number of nitrogens with one attached hydrogen (secondary N) is 2. The minimum atomic E-state index is -0.230. The molecule has 0 heterocycles. The monoisotopic (exact) mass is 229 g/mol. The summed E-state index contributed by atoms with van der Waals surface area (Å²) in [7, 11) is 0. The van der Waals surface area contributed by atoms with Gasteiger partial charge >= 0.3 is 0 Å². The second-order valence-electron chi connectivity index (χ2n) is 4.53. The summed E-state index contributed by atoms with van der Waals surface area (Å²) in [6, 6.07) is 0.0832. The van der Waals surface area contributed by atoms with Crippen LogP contribution in [0.5, 0.6) is 0 Å². The van der Waals surface area contributed by atoms with Crippen LogP contribution in [0.1, 0.15) is 27.7 Å². The largest absolute Gasteiger partial charge is 0.352 e. The van der Waals surface area contributed by atoms with E-state index in [1.807, 2.05) is 27.7 Å². The van der Waals surface area contributed by atoms with E-state index >= 15 is 0 Å². The Morgan fingerprint density at radius 1 is 1.19 bits per heavy atom. The molecule has 0 aromatic rings. The summed E-state index contributed by atoms with van der Waals surface area (Å²) >= 11 is 0.